The predicted molar refractivity (Wildman–Crippen MR) is 94.3 cm³/mol. The lowest BCUT2D eigenvalue weighted by Crippen LogP contribution is -2.30. The number of carbonyl (C=O) groups excluding carboxylic acids is 1. The predicted octanol–water partition coefficient (Wildman–Crippen LogP) is 4.19. The second-order valence-electron chi connectivity index (χ2n) is 4.58. The lowest BCUT2D eigenvalue weighted by molar-refractivity contribution is -0.122. The minimum atomic E-state index is 0.0225. The SMILES string of the molecule is O=C1/C(=C/c2cccs2)SC(=S)N1CCc1ccccc1. The minimum Gasteiger partial charge on any atom is -0.293 e. The number of benzene rings is 1. The van der Waals surface area contributed by atoms with E-state index in [9.17, 15) is 4.79 Å². The normalized spacial score (nSPS) is 17.0. The zero-order valence-electron chi connectivity index (χ0n) is 11.2. The van der Waals surface area contributed by atoms with Crippen molar-refractivity contribution in [2.75, 3.05) is 6.54 Å². The van der Waals surface area contributed by atoms with Crippen molar-refractivity contribution in [3.05, 3.63) is 63.2 Å². The van der Waals surface area contributed by atoms with Gasteiger partial charge in [0.05, 0.1) is 4.91 Å². The van der Waals surface area contributed by atoms with Gasteiger partial charge in [-0.1, -0.05) is 60.4 Å². The summed E-state index contributed by atoms with van der Waals surface area (Å²) in [6.07, 6.45) is 2.74. The van der Waals surface area contributed by atoms with Gasteiger partial charge in [0.2, 0.25) is 0 Å². The molecule has 0 aliphatic carbocycles. The fourth-order valence-corrected chi connectivity index (χ4v) is 4.11. The van der Waals surface area contributed by atoms with Gasteiger partial charge in [0.15, 0.2) is 0 Å². The first-order valence-electron chi connectivity index (χ1n) is 6.57. The van der Waals surface area contributed by atoms with Crippen LogP contribution in [0.5, 0.6) is 0 Å². The van der Waals surface area contributed by atoms with Crippen molar-refractivity contribution in [1.82, 2.24) is 4.90 Å². The maximum atomic E-state index is 12.4. The second kappa shape index (κ2) is 6.56. The summed E-state index contributed by atoms with van der Waals surface area (Å²) in [5.41, 5.74) is 1.22. The molecule has 106 valence electrons. The molecule has 1 aromatic heterocycles. The van der Waals surface area contributed by atoms with E-state index in [0.717, 1.165) is 16.2 Å². The molecule has 2 heterocycles. The van der Waals surface area contributed by atoms with E-state index in [1.807, 2.05) is 41.8 Å². The van der Waals surface area contributed by atoms with E-state index in [-0.39, 0.29) is 5.91 Å². The number of nitrogens with zero attached hydrogens (tertiary/aromatic N) is 1. The zero-order chi connectivity index (χ0) is 14.7. The Balaban J connectivity index is 1.69. The Morgan fingerprint density at radius 2 is 1.95 bits per heavy atom. The van der Waals surface area contributed by atoms with Gasteiger partial charge in [0.1, 0.15) is 4.32 Å². The molecular weight excluding hydrogens is 318 g/mol. The summed E-state index contributed by atoms with van der Waals surface area (Å²) in [7, 11) is 0. The van der Waals surface area contributed by atoms with E-state index in [2.05, 4.69) is 12.1 Å². The third-order valence-corrected chi connectivity index (χ3v) is 5.35. The Bertz CT molecular complexity index is 677. The van der Waals surface area contributed by atoms with Crippen LogP contribution in [0.3, 0.4) is 0 Å². The van der Waals surface area contributed by atoms with Crippen LogP contribution in [0.25, 0.3) is 6.08 Å². The van der Waals surface area contributed by atoms with E-state index >= 15 is 0 Å². The Morgan fingerprint density at radius 3 is 2.67 bits per heavy atom. The molecular formula is C16H13NOS3. The number of hydrogen-bond donors (Lipinski definition) is 0. The highest BCUT2D eigenvalue weighted by Gasteiger charge is 2.31. The van der Waals surface area contributed by atoms with Crippen LogP contribution in [0.15, 0.2) is 52.7 Å². The van der Waals surface area contributed by atoms with E-state index in [1.54, 1.807) is 16.2 Å². The van der Waals surface area contributed by atoms with Crippen molar-refractivity contribution in [2.45, 2.75) is 6.42 Å². The molecule has 0 spiro atoms. The highest BCUT2D eigenvalue weighted by Crippen LogP contribution is 2.33. The molecule has 5 heteroatoms. The van der Waals surface area contributed by atoms with Crippen LogP contribution < -0.4 is 0 Å². The molecule has 0 atom stereocenters. The van der Waals surface area contributed by atoms with Gasteiger partial charge < -0.3 is 0 Å². The molecule has 1 aliphatic heterocycles. The van der Waals surface area contributed by atoms with E-state index < -0.39 is 0 Å². The largest absolute Gasteiger partial charge is 0.293 e. The molecule has 1 aliphatic rings. The van der Waals surface area contributed by atoms with E-state index in [4.69, 9.17) is 12.2 Å². The quantitative estimate of drug-likeness (QED) is 0.619. The fourth-order valence-electron chi connectivity index (χ4n) is 2.08. The van der Waals surface area contributed by atoms with Crippen LogP contribution in [0, 0.1) is 0 Å². The molecule has 3 rings (SSSR count). The summed E-state index contributed by atoms with van der Waals surface area (Å²) < 4.78 is 0.652. The Labute approximate surface area is 137 Å². The molecule has 0 radical (unpaired) electrons. The Morgan fingerprint density at radius 1 is 1.14 bits per heavy atom. The van der Waals surface area contributed by atoms with Crippen molar-refractivity contribution >= 4 is 51.6 Å². The maximum absolute atomic E-state index is 12.4. The van der Waals surface area contributed by atoms with Crippen molar-refractivity contribution in [1.29, 1.82) is 0 Å². The van der Waals surface area contributed by atoms with Crippen molar-refractivity contribution in [3.8, 4) is 0 Å². The summed E-state index contributed by atoms with van der Waals surface area (Å²) >= 11 is 8.35. The summed E-state index contributed by atoms with van der Waals surface area (Å²) in [6, 6.07) is 14.1. The smallest absolute Gasteiger partial charge is 0.266 e. The lowest BCUT2D eigenvalue weighted by atomic mass is 10.1. The van der Waals surface area contributed by atoms with Crippen LogP contribution in [0.2, 0.25) is 0 Å². The van der Waals surface area contributed by atoms with Gasteiger partial charge in [-0.15, -0.1) is 11.3 Å². The van der Waals surface area contributed by atoms with Gasteiger partial charge >= 0.3 is 0 Å². The summed E-state index contributed by atoms with van der Waals surface area (Å²) in [5, 5.41) is 2.00. The first-order valence-corrected chi connectivity index (χ1v) is 8.67. The van der Waals surface area contributed by atoms with Gasteiger partial charge in [-0.3, -0.25) is 9.69 Å². The molecule has 0 bridgehead atoms. The molecule has 21 heavy (non-hydrogen) atoms. The molecule has 2 nitrogen and oxygen atoms in total. The highest BCUT2D eigenvalue weighted by atomic mass is 32.2. The summed E-state index contributed by atoms with van der Waals surface area (Å²) in [6.45, 7) is 0.635. The van der Waals surface area contributed by atoms with Crippen LogP contribution in [-0.2, 0) is 11.2 Å². The van der Waals surface area contributed by atoms with Gasteiger partial charge in [-0.2, -0.15) is 0 Å². The van der Waals surface area contributed by atoms with Crippen molar-refractivity contribution in [2.24, 2.45) is 0 Å². The molecule has 0 saturated carbocycles. The third kappa shape index (κ3) is 3.43. The van der Waals surface area contributed by atoms with Crippen molar-refractivity contribution in [3.63, 3.8) is 0 Å². The number of thiophene rings is 1. The van der Waals surface area contributed by atoms with Crippen LogP contribution in [0.1, 0.15) is 10.4 Å². The van der Waals surface area contributed by atoms with Crippen LogP contribution >= 0.6 is 35.3 Å². The summed E-state index contributed by atoms with van der Waals surface area (Å²) in [4.78, 5) is 15.9. The van der Waals surface area contributed by atoms with Crippen molar-refractivity contribution < 1.29 is 4.79 Å². The second-order valence-corrected chi connectivity index (χ2v) is 7.24. The molecule has 1 fully saturated rings. The molecule has 2 aromatic rings. The highest BCUT2D eigenvalue weighted by molar-refractivity contribution is 8.26. The summed E-state index contributed by atoms with van der Waals surface area (Å²) in [5.74, 6) is 0.0225. The van der Waals surface area contributed by atoms with Gasteiger partial charge in [-0.25, -0.2) is 0 Å². The maximum Gasteiger partial charge on any atom is 0.266 e. The number of amides is 1. The number of thioether (sulfide) groups is 1. The molecule has 1 saturated heterocycles. The van der Waals surface area contributed by atoms with Gasteiger partial charge in [-0.05, 0) is 29.5 Å². The van der Waals surface area contributed by atoms with Crippen LogP contribution in [-0.4, -0.2) is 21.7 Å². The third-order valence-electron chi connectivity index (χ3n) is 3.16. The average molecular weight is 331 g/mol. The Hall–Kier alpha value is -1.43. The minimum absolute atomic E-state index is 0.0225. The average Bonchev–Trinajstić information content (AvgIpc) is 3.09. The topological polar surface area (TPSA) is 20.3 Å². The number of rotatable bonds is 4. The first-order chi connectivity index (χ1) is 10.2. The van der Waals surface area contributed by atoms with Gasteiger partial charge in [0, 0.05) is 11.4 Å². The fraction of sp³-hybridized carbons (Fsp3) is 0.125. The number of carbonyl (C=O) groups is 1. The monoisotopic (exact) mass is 331 g/mol. The van der Waals surface area contributed by atoms with E-state index in [1.165, 1.54) is 17.3 Å². The number of hydrogen-bond acceptors (Lipinski definition) is 4. The molecule has 1 aromatic carbocycles. The lowest BCUT2D eigenvalue weighted by Gasteiger charge is -2.14. The van der Waals surface area contributed by atoms with Gasteiger partial charge in [0.25, 0.3) is 5.91 Å². The standard InChI is InChI=1S/C16H13NOS3/c18-15-14(11-13-7-4-10-20-13)21-16(19)17(15)9-8-12-5-2-1-3-6-12/h1-7,10-11H,8-9H2/b14-11-. The molecule has 1 amide bonds. The first kappa shape index (κ1) is 14.5. The van der Waals surface area contributed by atoms with Crippen LogP contribution in [0.4, 0.5) is 0 Å². The zero-order valence-corrected chi connectivity index (χ0v) is 13.6. The number of thiocarbonyl (C=S) groups is 1. The molecule has 0 N–H and O–H groups in total. The Kier molecular flexibility index (Phi) is 4.53. The molecule has 0 unspecified atom stereocenters. The van der Waals surface area contributed by atoms with E-state index in [0.29, 0.717) is 10.9 Å².